The van der Waals surface area contributed by atoms with Crippen LogP contribution in [0.2, 0.25) is 0 Å². The number of fused-ring (bicyclic) bond motifs is 1. The summed E-state index contributed by atoms with van der Waals surface area (Å²) >= 11 is 0. The number of rotatable bonds is 3. The predicted molar refractivity (Wildman–Crippen MR) is 83.9 cm³/mol. The minimum atomic E-state index is 0.334. The molecule has 0 aliphatic heterocycles. The number of nitrogens with one attached hydrogen (secondary N) is 1. The van der Waals surface area contributed by atoms with Gasteiger partial charge in [-0.1, -0.05) is 36.4 Å². The summed E-state index contributed by atoms with van der Waals surface area (Å²) in [6.07, 6.45) is 0. The largest absolute Gasteiger partial charge is 0.456 e. The molecule has 2 aromatic carbocycles. The van der Waals surface area contributed by atoms with Crippen LogP contribution in [0.3, 0.4) is 0 Å². The maximum absolute atomic E-state index is 6.03. The summed E-state index contributed by atoms with van der Waals surface area (Å²) in [5, 5.41) is 4.42. The third-order valence-electron chi connectivity index (χ3n) is 3.85. The van der Waals surface area contributed by atoms with Gasteiger partial charge in [0.1, 0.15) is 11.3 Å². The summed E-state index contributed by atoms with van der Waals surface area (Å²) < 4.78 is 6.03. The lowest BCUT2D eigenvalue weighted by Gasteiger charge is -2.11. The molecule has 3 aromatic rings. The molecule has 0 bridgehead atoms. The summed E-state index contributed by atoms with van der Waals surface area (Å²) in [4.78, 5) is 0. The normalized spacial score (nSPS) is 12.8. The van der Waals surface area contributed by atoms with Gasteiger partial charge in [0, 0.05) is 17.0 Å². The second kappa shape index (κ2) is 5.14. The zero-order chi connectivity index (χ0) is 14.1. The molecule has 0 fully saturated rings. The zero-order valence-corrected chi connectivity index (χ0v) is 12.1. The Hall–Kier alpha value is -2.06. The van der Waals surface area contributed by atoms with E-state index in [0.29, 0.717) is 6.04 Å². The van der Waals surface area contributed by atoms with Crippen LogP contribution in [-0.2, 0) is 0 Å². The van der Waals surface area contributed by atoms with Crippen molar-refractivity contribution in [1.29, 1.82) is 0 Å². The molecule has 2 nitrogen and oxygen atoms in total. The Kier molecular flexibility index (Phi) is 3.33. The number of hydrogen-bond acceptors (Lipinski definition) is 2. The molecule has 0 aliphatic carbocycles. The van der Waals surface area contributed by atoms with Crippen molar-refractivity contribution in [1.82, 2.24) is 5.32 Å². The molecule has 1 aromatic heterocycles. The number of para-hydroxylation sites is 1. The van der Waals surface area contributed by atoms with Crippen LogP contribution in [0.1, 0.15) is 24.1 Å². The van der Waals surface area contributed by atoms with E-state index in [-0.39, 0.29) is 0 Å². The van der Waals surface area contributed by atoms with Gasteiger partial charge in [0.2, 0.25) is 0 Å². The molecule has 1 N–H and O–H groups in total. The molecular weight excluding hydrogens is 246 g/mol. The highest BCUT2D eigenvalue weighted by Crippen LogP contribution is 2.30. The summed E-state index contributed by atoms with van der Waals surface area (Å²) in [5.74, 6) is 0.930. The van der Waals surface area contributed by atoms with Crippen LogP contribution in [0.4, 0.5) is 0 Å². The fourth-order valence-electron chi connectivity index (χ4n) is 2.48. The smallest absolute Gasteiger partial charge is 0.137 e. The van der Waals surface area contributed by atoms with Crippen molar-refractivity contribution in [3.8, 4) is 11.3 Å². The van der Waals surface area contributed by atoms with Crippen molar-refractivity contribution in [3.05, 3.63) is 59.7 Å². The van der Waals surface area contributed by atoms with Crippen LogP contribution < -0.4 is 5.32 Å². The molecule has 1 atom stereocenters. The SMILES string of the molecule is CNC(C)c1cccc(-c2cc3cccc(C)c3o2)c1. The lowest BCUT2D eigenvalue weighted by atomic mass is 10.0. The highest BCUT2D eigenvalue weighted by Gasteiger charge is 2.09. The molecule has 0 saturated carbocycles. The monoisotopic (exact) mass is 265 g/mol. The second-order valence-corrected chi connectivity index (χ2v) is 5.24. The summed E-state index contributed by atoms with van der Waals surface area (Å²) in [6, 6.07) is 17.2. The van der Waals surface area contributed by atoms with Crippen molar-refractivity contribution in [2.45, 2.75) is 19.9 Å². The molecule has 0 amide bonds. The molecule has 1 heterocycles. The van der Waals surface area contributed by atoms with Gasteiger partial charge in [0.25, 0.3) is 0 Å². The fraction of sp³-hybridized carbons (Fsp3) is 0.222. The highest BCUT2D eigenvalue weighted by atomic mass is 16.3. The van der Waals surface area contributed by atoms with Crippen LogP contribution in [0.25, 0.3) is 22.3 Å². The Morgan fingerprint density at radius 3 is 2.60 bits per heavy atom. The van der Waals surface area contributed by atoms with Gasteiger partial charge in [-0.15, -0.1) is 0 Å². The summed E-state index contributed by atoms with van der Waals surface area (Å²) in [5.41, 5.74) is 4.55. The van der Waals surface area contributed by atoms with Gasteiger partial charge in [-0.3, -0.25) is 0 Å². The lowest BCUT2D eigenvalue weighted by molar-refractivity contribution is 0.627. The molecule has 102 valence electrons. The van der Waals surface area contributed by atoms with Crippen LogP contribution in [-0.4, -0.2) is 7.05 Å². The second-order valence-electron chi connectivity index (χ2n) is 5.24. The molecule has 0 radical (unpaired) electrons. The molecule has 0 aliphatic rings. The topological polar surface area (TPSA) is 25.2 Å². The number of benzene rings is 2. The van der Waals surface area contributed by atoms with Gasteiger partial charge in [0.05, 0.1) is 0 Å². The van der Waals surface area contributed by atoms with Gasteiger partial charge in [-0.25, -0.2) is 0 Å². The number of furan rings is 1. The zero-order valence-electron chi connectivity index (χ0n) is 12.1. The van der Waals surface area contributed by atoms with Crippen LogP contribution in [0.5, 0.6) is 0 Å². The van der Waals surface area contributed by atoms with Crippen molar-refractivity contribution in [2.75, 3.05) is 7.05 Å². The quantitative estimate of drug-likeness (QED) is 0.743. The van der Waals surface area contributed by atoms with Gasteiger partial charge >= 0.3 is 0 Å². The van der Waals surface area contributed by atoms with Crippen LogP contribution in [0.15, 0.2) is 52.9 Å². The van der Waals surface area contributed by atoms with Crippen molar-refractivity contribution < 1.29 is 4.42 Å². The Balaban J connectivity index is 2.09. The van der Waals surface area contributed by atoms with Crippen molar-refractivity contribution >= 4 is 11.0 Å². The van der Waals surface area contributed by atoms with E-state index in [1.165, 1.54) is 11.1 Å². The minimum Gasteiger partial charge on any atom is -0.456 e. The minimum absolute atomic E-state index is 0.334. The van der Waals surface area contributed by atoms with Gasteiger partial charge in [-0.05, 0) is 44.2 Å². The maximum atomic E-state index is 6.03. The Labute approximate surface area is 119 Å². The van der Waals surface area contributed by atoms with E-state index in [1.54, 1.807) is 0 Å². The standard InChI is InChI=1S/C18H19NO/c1-12-6-4-9-16-11-17(20-18(12)16)15-8-5-7-14(10-15)13(2)19-3/h4-11,13,19H,1-3H3. The average molecular weight is 265 g/mol. The predicted octanol–water partition coefficient (Wildman–Crippen LogP) is 4.69. The molecular formula is C18H19NO. The summed E-state index contributed by atoms with van der Waals surface area (Å²) in [7, 11) is 1.97. The van der Waals surface area contributed by atoms with E-state index in [4.69, 9.17) is 4.42 Å². The van der Waals surface area contributed by atoms with Gasteiger partial charge in [-0.2, -0.15) is 0 Å². The first-order chi connectivity index (χ1) is 9.69. The van der Waals surface area contributed by atoms with Crippen LogP contribution in [0, 0.1) is 6.92 Å². The van der Waals surface area contributed by atoms with Gasteiger partial charge < -0.3 is 9.73 Å². The van der Waals surface area contributed by atoms with E-state index in [0.717, 1.165) is 22.3 Å². The fourth-order valence-corrected chi connectivity index (χ4v) is 2.48. The van der Waals surface area contributed by atoms with E-state index in [1.807, 2.05) is 7.05 Å². The Bertz CT molecular complexity index is 742. The Morgan fingerprint density at radius 1 is 1.05 bits per heavy atom. The molecule has 1 unspecified atom stereocenters. The maximum Gasteiger partial charge on any atom is 0.137 e. The molecule has 20 heavy (non-hydrogen) atoms. The number of hydrogen-bond donors (Lipinski definition) is 1. The first kappa shape index (κ1) is 12.9. The van der Waals surface area contributed by atoms with Crippen molar-refractivity contribution in [2.24, 2.45) is 0 Å². The van der Waals surface area contributed by atoms with Crippen LogP contribution >= 0.6 is 0 Å². The molecule has 3 rings (SSSR count). The summed E-state index contributed by atoms with van der Waals surface area (Å²) in [6.45, 7) is 4.23. The van der Waals surface area contributed by atoms with E-state index >= 15 is 0 Å². The first-order valence-electron chi connectivity index (χ1n) is 6.96. The van der Waals surface area contributed by atoms with Crippen molar-refractivity contribution in [3.63, 3.8) is 0 Å². The molecule has 0 saturated heterocycles. The van der Waals surface area contributed by atoms with Gasteiger partial charge in [0.15, 0.2) is 0 Å². The lowest BCUT2D eigenvalue weighted by Crippen LogP contribution is -2.11. The average Bonchev–Trinajstić information content (AvgIpc) is 2.92. The van der Waals surface area contributed by atoms with E-state index in [2.05, 4.69) is 67.7 Å². The third-order valence-corrected chi connectivity index (χ3v) is 3.85. The van der Waals surface area contributed by atoms with E-state index < -0.39 is 0 Å². The third kappa shape index (κ3) is 2.23. The van der Waals surface area contributed by atoms with E-state index in [9.17, 15) is 0 Å². The Morgan fingerprint density at radius 2 is 1.85 bits per heavy atom. The highest BCUT2D eigenvalue weighted by molar-refractivity contribution is 5.85. The molecule has 0 spiro atoms. The first-order valence-corrected chi connectivity index (χ1v) is 6.96. The molecule has 2 heteroatoms. The number of aryl methyl sites for hydroxylation is 1.